The number of hydrogen-bond acceptors (Lipinski definition) is 5. The van der Waals surface area contributed by atoms with Crippen molar-refractivity contribution >= 4 is 17.3 Å². The number of nitro groups is 1. The summed E-state index contributed by atoms with van der Waals surface area (Å²) in [6, 6.07) is 2.19. The van der Waals surface area contributed by atoms with Gasteiger partial charge in [0.25, 0.3) is 5.69 Å². The number of nitrogens with one attached hydrogen (secondary N) is 2. The number of carboxylic acids is 1. The summed E-state index contributed by atoms with van der Waals surface area (Å²) in [5.74, 6) is -2.29. The van der Waals surface area contributed by atoms with Gasteiger partial charge in [0, 0.05) is 12.6 Å². The third kappa shape index (κ3) is 4.12. The van der Waals surface area contributed by atoms with Gasteiger partial charge in [0.1, 0.15) is 5.56 Å². The van der Waals surface area contributed by atoms with Gasteiger partial charge in [-0.15, -0.1) is 0 Å². The Kier molecular flexibility index (Phi) is 4.69. The number of halogens is 1. The minimum atomic E-state index is -1.46. The number of anilines is 1. The van der Waals surface area contributed by atoms with E-state index in [2.05, 4.69) is 10.6 Å². The lowest BCUT2D eigenvalue weighted by atomic mass is 10.1. The van der Waals surface area contributed by atoms with Crippen LogP contribution in [0, 0.1) is 15.9 Å². The summed E-state index contributed by atoms with van der Waals surface area (Å²) in [5.41, 5.74) is -1.31. The zero-order valence-corrected chi connectivity index (χ0v) is 11.3. The number of hydrogen-bond donors (Lipinski definition) is 3. The number of nitrogens with zero attached hydrogens (tertiary/aromatic N) is 1. The summed E-state index contributed by atoms with van der Waals surface area (Å²) in [6.07, 6.45) is 3.12. The van der Waals surface area contributed by atoms with Gasteiger partial charge in [0.05, 0.1) is 16.7 Å². The average molecular weight is 297 g/mol. The van der Waals surface area contributed by atoms with Crippen molar-refractivity contribution in [1.82, 2.24) is 5.32 Å². The lowest BCUT2D eigenvalue weighted by molar-refractivity contribution is -0.385. The minimum Gasteiger partial charge on any atom is -0.477 e. The molecule has 1 aromatic carbocycles. The highest BCUT2D eigenvalue weighted by Gasteiger charge is 2.23. The maximum absolute atomic E-state index is 13.7. The van der Waals surface area contributed by atoms with E-state index in [4.69, 9.17) is 5.11 Å². The number of aromatic carboxylic acids is 1. The molecule has 114 valence electrons. The normalized spacial score (nSPS) is 14.0. The van der Waals surface area contributed by atoms with Crippen LogP contribution in [0.4, 0.5) is 15.8 Å². The molecule has 21 heavy (non-hydrogen) atoms. The van der Waals surface area contributed by atoms with Gasteiger partial charge in [-0.05, 0) is 31.9 Å². The number of nitro benzene ring substituents is 1. The van der Waals surface area contributed by atoms with Gasteiger partial charge < -0.3 is 15.7 Å². The van der Waals surface area contributed by atoms with Gasteiger partial charge in [-0.25, -0.2) is 9.18 Å². The predicted octanol–water partition coefficient (Wildman–Crippen LogP) is 1.99. The van der Waals surface area contributed by atoms with Crippen molar-refractivity contribution in [2.75, 3.05) is 18.4 Å². The Balaban J connectivity index is 1.99. The molecule has 1 aliphatic rings. The molecular weight excluding hydrogens is 281 g/mol. The summed E-state index contributed by atoms with van der Waals surface area (Å²) < 4.78 is 13.7. The van der Waals surface area contributed by atoms with Gasteiger partial charge in [-0.1, -0.05) is 0 Å². The van der Waals surface area contributed by atoms with E-state index in [0.717, 1.165) is 19.0 Å². The van der Waals surface area contributed by atoms with Crippen LogP contribution in [-0.2, 0) is 0 Å². The SMILES string of the molecule is O=C(O)c1cc(NCCCNC2CC2)c(F)cc1[N+](=O)[O-]. The van der Waals surface area contributed by atoms with Gasteiger partial charge in [0.2, 0.25) is 0 Å². The zero-order chi connectivity index (χ0) is 15.4. The molecule has 1 saturated carbocycles. The van der Waals surface area contributed by atoms with Crippen LogP contribution in [0.25, 0.3) is 0 Å². The Morgan fingerprint density at radius 2 is 2.14 bits per heavy atom. The molecule has 8 heteroatoms. The molecule has 0 radical (unpaired) electrons. The molecule has 7 nitrogen and oxygen atoms in total. The first-order valence-corrected chi connectivity index (χ1v) is 6.67. The van der Waals surface area contributed by atoms with E-state index >= 15 is 0 Å². The highest BCUT2D eigenvalue weighted by atomic mass is 19.1. The van der Waals surface area contributed by atoms with Crippen molar-refractivity contribution in [2.45, 2.75) is 25.3 Å². The molecule has 0 heterocycles. The molecule has 0 atom stereocenters. The summed E-state index contributed by atoms with van der Waals surface area (Å²) in [5, 5.41) is 25.7. The lowest BCUT2D eigenvalue weighted by Crippen LogP contribution is -2.20. The third-order valence-electron chi connectivity index (χ3n) is 3.19. The average Bonchev–Trinajstić information content (AvgIpc) is 3.23. The molecule has 0 unspecified atom stereocenters. The first-order chi connectivity index (χ1) is 9.99. The second kappa shape index (κ2) is 6.49. The lowest BCUT2D eigenvalue weighted by Gasteiger charge is -2.09. The van der Waals surface area contributed by atoms with Crippen LogP contribution in [0.1, 0.15) is 29.6 Å². The van der Waals surface area contributed by atoms with Crippen molar-refractivity contribution in [3.8, 4) is 0 Å². The van der Waals surface area contributed by atoms with Gasteiger partial charge in [-0.2, -0.15) is 0 Å². The molecule has 2 rings (SSSR count). The van der Waals surface area contributed by atoms with Crippen molar-refractivity contribution in [3.63, 3.8) is 0 Å². The minimum absolute atomic E-state index is 0.0376. The van der Waals surface area contributed by atoms with Crippen molar-refractivity contribution in [1.29, 1.82) is 0 Å². The predicted molar refractivity (Wildman–Crippen MR) is 74.1 cm³/mol. The smallest absolute Gasteiger partial charge is 0.342 e. The maximum Gasteiger partial charge on any atom is 0.342 e. The van der Waals surface area contributed by atoms with E-state index in [-0.39, 0.29) is 5.69 Å². The molecule has 1 aromatic rings. The fourth-order valence-corrected chi connectivity index (χ4v) is 1.93. The topological polar surface area (TPSA) is 104 Å². The quantitative estimate of drug-likeness (QED) is 0.385. The number of benzene rings is 1. The van der Waals surface area contributed by atoms with E-state index in [1.54, 1.807) is 0 Å². The highest BCUT2D eigenvalue weighted by Crippen LogP contribution is 2.26. The largest absolute Gasteiger partial charge is 0.477 e. The summed E-state index contributed by atoms with van der Waals surface area (Å²) >= 11 is 0. The second-order valence-corrected chi connectivity index (χ2v) is 4.92. The first-order valence-electron chi connectivity index (χ1n) is 6.67. The van der Waals surface area contributed by atoms with Gasteiger partial charge in [0.15, 0.2) is 5.82 Å². The Morgan fingerprint density at radius 3 is 2.71 bits per heavy atom. The number of rotatable bonds is 8. The summed E-state index contributed by atoms with van der Waals surface area (Å²) in [6.45, 7) is 1.24. The van der Waals surface area contributed by atoms with Crippen molar-refractivity contribution in [2.24, 2.45) is 0 Å². The molecule has 3 N–H and O–H groups in total. The number of carbonyl (C=O) groups is 1. The standard InChI is InChI=1S/C13H16FN3O4/c14-10-7-12(17(20)21)9(13(18)19)6-11(10)16-5-1-4-15-8-2-3-8/h6-8,15-16H,1-5H2,(H,18,19). The molecule has 0 aliphatic heterocycles. The molecule has 0 amide bonds. The molecule has 0 bridgehead atoms. The Bertz CT molecular complexity index is 561. The fourth-order valence-electron chi connectivity index (χ4n) is 1.93. The van der Waals surface area contributed by atoms with Crippen LogP contribution < -0.4 is 10.6 Å². The molecule has 0 aromatic heterocycles. The van der Waals surface area contributed by atoms with Crippen LogP contribution in [0.5, 0.6) is 0 Å². The Labute approximate surface area is 120 Å². The van der Waals surface area contributed by atoms with Crippen molar-refractivity contribution in [3.05, 3.63) is 33.6 Å². The van der Waals surface area contributed by atoms with E-state index in [1.165, 1.54) is 12.8 Å². The van der Waals surface area contributed by atoms with Gasteiger partial charge >= 0.3 is 5.97 Å². The van der Waals surface area contributed by atoms with Crippen LogP contribution in [-0.4, -0.2) is 35.1 Å². The van der Waals surface area contributed by atoms with Crippen LogP contribution in [0.2, 0.25) is 0 Å². The molecule has 1 fully saturated rings. The summed E-state index contributed by atoms with van der Waals surface area (Å²) in [4.78, 5) is 20.8. The molecule has 0 saturated heterocycles. The van der Waals surface area contributed by atoms with Crippen molar-refractivity contribution < 1.29 is 19.2 Å². The van der Waals surface area contributed by atoms with E-state index in [9.17, 15) is 19.3 Å². The summed E-state index contributed by atoms with van der Waals surface area (Å²) in [7, 11) is 0. The van der Waals surface area contributed by atoms with E-state index in [0.29, 0.717) is 18.7 Å². The third-order valence-corrected chi connectivity index (χ3v) is 3.19. The molecule has 1 aliphatic carbocycles. The molecule has 0 spiro atoms. The van der Waals surface area contributed by atoms with E-state index in [1.807, 2.05) is 0 Å². The van der Waals surface area contributed by atoms with Crippen LogP contribution in [0.3, 0.4) is 0 Å². The van der Waals surface area contributed by atoms with Crippen LogP contribution in [0.15, 0.2) is 12.1 Å². The first kappa shape index (κ1) is 15.2. The zero-order valence-electron chi connectivity index (χ0n) is 11.3. The van der Waals surface area contributed by atoms with Gasteiger partial charge in [-0.3, -0.25) is 10.1 Å². The second-order valence-electron chi connectivity index (χ2n) is 4.92. The highest BCUT2D eigenvalue weighted by molar-refractivity contribution is 5.93. The Morgan fingerprint density at radius 1 is 1.43 bits per heavy atom. The monoisotopic (exact) mass is 297 g/mol. The van der Waals surface area contributed by atoms with Crippen LogP contribution >= 0.6 is 0 Å². The maximum atomic E-state index is 13.7. The number of carboxylic acid groups (broad SMARTS) is 1. The Hall–Kier alpha value is -2.22. The fraction of sp³-hybridized carbons (Fsp3) is 0.462. The molecular formula is C13H16FN3O4. The van der Waals surface area contributed by atoms with E-state index < -0.39 is 28.0 Å².